The molecular weight excluding hydrogens is 422 g/mol. The molecule has 4 heteroatoms. The molecular formula is C30H35NO3. The molecule has 34 heavy (non-hydrogen) atoms. The summed E-state index contributed by atoms with van der Waals surface area (Å²) < 4.78 is 6.55. The van der Waals surface area contributed by atoms with Crippen LogP contribution >= 0.6 is 0 Å². The first-order valence-electron chi connectivity index (χ1n) is 12.7. The van der Waals surface area contributed by atoms with Crippen LogP contribution in [0.4, 0.5) is 0 Å². The molecule has 2 N–H and O–H groups in total. The third kappa shape index (κ3) is 4.92. The molecule has 2 heterocycles. The number of fused-ring (bicyclic) bond motifs is 1. The van der Waals surface area contributed by atoms with Crippen molar-refractivity contribution in [3.63, 3.8) is 0 Å². The quantitative estimate of drug-likeness (QED) is 0.516. The highest BCUT2D eigenvalue weighted by atomic mass is 16.5. The molecule has 2 atom stereocenters. The Labute approximate surface area is 202 Å². The van der Waals surface area contributed by atoms with Gasteiger partial charge in [0.25, 0.3) is 0 Å². The molecule has 2 aromatic carbocycles. The average molecular weight is 458 g/mol. The number of hydrogen-bond acceptors (Lipinski definition) is 4. The maximum atomic E-state index is 10.0. The van der Waals surface area contributed by atoms with E-state index >= 15 is 0 Å². The van der Waals surface area contributed by atoms with Crippen molar-refractivity contribution in [2.24, 2.45) is 5.92 Å². The number of piperidine rings is 1. The monoisotopic (exact) mass is 457 g/mol. The lowest BCUT2D eigenvalue weighted by Crippen LogP contribution is -2.31. The highest BCUT2D eigenvalue weighted by Gasteiger charge is 2.33. The van der Waals surface area contributed by atoms with E-state index < -0.39 is 0 Å². The molecule has 0 aromatic heterocycles. The Morgan fingerprint density at radius 1 is 0.971 bits per heavy atom. The molecule has 1 saturated heterocycles. The number of likely N-dealkylation sites (tertiary alicyclic amines) is 1. The van der Waals surface area contributed by atoms with Crippen molar-refractivity contribution in [1.29, 1.82) is 0 Å². The number of phenols is 2. The highest BCUT2D eigenvalue weighted by Crippen LogP contribution is 2.45. The molecule has 0 saturated carbocycles. The summed E-state index contributed by atoms with van der Waals surface area (Å²) >= 11 is 0. The number of phenolic OH excluding ortho intramolecular Hbond substituents is 2. The molecule has 2 aromatic rings. The zero-order chi connectivity index (χ0) is 23.5. The summed E-state index contributed by atoms with van der Waals surface area (Å²) in [6.45, 7) is 5.85. The van der Waals surface area contributed by atoms with Crippen LogP contribution < -0.4 is 4.74 Å². The van der Waals surface area contributed by atoms with Gasteiger partial charge in [0.15, 0.2) is 0 Å². The number of hydrogen-bond donors (Lipinski definition) is 2. The zero-order valence-corrected chi connectivity index (χ0v) is 20.0. The van der Waals surface area contributed by atoms with Gasteiger partial charge < -0.3 is 19.8 Å². The summed E-state index contributed by atoms with van der Waals surface area (Å²) in [7, 11) is 0. The molecule has 1 aliphatic carbocycles. The van der Waals surface area contributed by atoms with E-state index in [4.69, 9.17) is 4.74 Å². The van der Waals surface area contributed by atoms with Gasteiger partial charge in [0, 0.05) is 23.1 Å². The van der Waals surface area contributed by atoms with Crippen molar-refractivity contribution >= 4 is 11.1 Å². The van der Waals surface area contributed by atoms with Gasteiger partial charge in [-0.1, -0.05) is 42.4 Å². The third-order valence-corrected chi connectivity index (χ3v) is 7.48. The van der Waals surface area contributed by atoms with Crippen LogP contribution in [0.15, 0.2) is 66.3 Å². The predicted octanol–water partition coefficient (Wildman–Crippen LogP) is 6.56. The van der Waals surface area contributed by atoms with Crippen molar-refractivity contribution < 1.29 is 14.9 Å². The molecule has 0 amide bonds. The van der Waals surface area contributed by atoms with Gasteiger partial charge in [-0.05, 0) is 94.1 Å². The van der Waals surface area contributed by atoms with Gasteiger partial charge in [-0.2, -0.15) is 0 Å². The van der Waals surface area contributed by atoms with Gasteiger partial charge in [0.1, 0.15) is 23.4 Å². The van der Waals surface area contributed by atoms with Gasteiger partial charge in [-0.3, -0.25) is 0 Å². The van der Waals surface area contributed by atoms with Crippen molar-refractivity contribution in [3.8, 4) is 17.2 Å². The fourth-order valence-corrected chi connectivity index (χ4v) is 5.58. The molecule has 5 rings (SSSR count). The molecule has 2 aliphatic heterocycles. The second kappa shape index (κ2) is 10.1. The first-order valence-corrected chi connectivity index (χ1v) is 12.7. The molecule has 4 nitrogen and oxygen atoms in total. The van der Waals surface area contributed by atoms with Crippen LogP contribution in [-0.2, 0) is 0 Å². The van der Waals surface area contributed by atoms with E-state index in [9.17, 15) is 10.2 Å². The summed E-state index contributed by atoms with van der Waals surface area (Å²) in [6, 6.07) is 12.7. The molecule has 0 spiro atoms. The number of rotatable bonds is 6. The number of ether oxygens (including phenoxy) is 1. The van der Waals surface area contributed by atoms with Crippen LogP contribution in [0.2, 0.25) is 0 Å². The summed E-state index contributed by atoms with van der Waals surface area (Å²) in [6.07, 6.45) is 14.2. The second-order valence-electron chi connectivity index (χ2n) is 9.85. The number of aromatic hydroxyl groups is 2. The van der Waals surface area contributed by atoms with E-state index in [-0.39, 0.29) is 23.5 Å². The van der Waals surface area contributed by atoms with E-state index in [2.05, 4.69) is 30.1 Å². The summed E-state index contributed by atoms with van der Waals surface area (Å²) in [5, 5.41) is 19.9. The van der Waals surface area contributed by atoms with Crippen molar-refractivity contribution in [2.75, 3.05) is 19.6 Å². The van der Waals surface area contributed by atoms with Crippen LogP contribution in [0.5, 0.6) is 17.2 Å². The Morgan fingerprint density at radius 3 is 2.47 bits per heavy atom. The van der Waals surface area contributed by atoms with E-state index in [1.54, 1.807) is 24.3 Å². The molecule has 178 valence electrons. The second-order valence-corrected chi connectivity index (χ2v) is 9.85. The lowest BCUT2D eigenvalue weighted by Gasteiger charge is -2.35. The van der Waals surface area contributed by atoms with E-state index in [0.717, 1.165) is 40.9 Å². The maximum Gasteiger partial charge on any atom is 0.131 e. The van der Waals surface area contributed by atoms with Gasteiger partial charge in [0.05, 0.1) is 0 Å². The Hall–Kier alpha value is -2.98. The lowest BCUT2D eigenvalue weighted by atomic mass is 9.80. The maximum absolute atomic E-state index is 10.0. The minimum absolute atomic E-state index is 0.152. The third-order valence-electron chi connectivity index (χ3n) is 7.48. The van der Waals surface area contributed by atoms with Crippen molar-refractivity contribution in [1.82, 2.24) is 4.90 Å². The number of allylic oxidation sites excluding steroid dienone is 4. The topological polar surface area (TPSA) is 52.9 Å². The Morgan fingerprint density at radius 2 is 1.74 bits per heavy atom. The van der Waals surface area contributed by atoms with Gasteiger partial charge in [-0.25, -0.2) is 0 Å². The normalized spacial score (nSPS) is 22.8. The number of benzene rings is 2. The minimum atomic E-state index is -0.152. The SMILES string of the molecule is CC1=C(c2ccc(O)cc2)[C@H](C2C=CC(CCCN3CCCCC3)=CC2)Oc2cc(O)ccc21. The van der Waals surface area contributed by atoms with Crippen LogP contribution in [0, 0.1) is 5.92 Å². The predicted molar refractivity (Wildman–Crippen MR) is 138 cm³/mol. The largest absolute Gasteiger partial charge is 0.508 e. The molecule has 1 unspecified atom stereocenters. The molecule has 3 aliphatic rings. The van der Waals surface area contributed by atoms with E-state index in [0.29, 0.717) is 0 Å². The Bertz CT molecular complexity index is 1110. The summed E-state index contributed by atoms with van der Waals surface area (Å²) in [5.74, 6) is 1.42. The van der Waals surface area contributed by atoms with Crippen LogP contribution in [0.3, 0.4) is 0 Å². The lowest BCUT2D eigenvalue weighted by molar-refractivity contribution is 0.207. The van der Waals surface area contributed by atoms with Crippen molar-refractivity contribution in [2.45, 2.75) is 51.6 Å². The van der Waals surface area contributed by atoms with Crippen LogP contribution in [-0.4, -0.2) is 40.9 Å². The van der Waals surface area contributed by atoms with Crippen LogP contribution in [0.1, 0.15) is 56.6 Å². The van der Waals surface area contributed by atoms with E-state index in [1.165, 1.54) is 50.9 Å². The summed E-state index contributed by atoms with van der Waals surface area (Å²) in [5.41, 5.74) is 5.79. The smallest absolute Gasteiger partial charge is 0.131 e. The molecule has 0 radical (unpaired) electrons. The fourth-order valence-electron chi connectivity index (χ4n) is 5.58. The first-order chi connectivity index (χ1) is 16.6. The van der Waals surface area contributed by atoms with E-state index in [1.807, 2.05) is 18.2 Å². The standard InChI is InChI=1S/C30H35NO3/c1-21-27-16-15-26(33)20-28(27)34-30(29(21)23-11-13-25(32)14-12-23)24-9-7-22(8-10-24)6-5-19-31-17-3-2-4-18-31/h7-9,11-16,20,24,30,32-33H,2-6,10,17-19H2,1H3/t24?,30-/m0/s1. The Balaban J connectivity index is 1.33. The average Bonchev–Trinajstić information content (AvgIpc) is 2.86. The summed E-state index contributed by atoms with van der Waals surface area (Å²) in [4.78, 5) is 2.61. The molecule has 0 bridgehead atoms. The Kier molecular flexibility index (Phi) is 6.77. The van der Waals surface area contributed by atoms with Gasteiger partial charge in [-0.15, -0.1) is 0 Å². The number of nitrogens with zero attached hydrogens (tertiary/aromatic N) is 1. The molecule has 1 fully saturated rings. The van der Waals surface area contributed by atoms with Crippen LogP contribution in [0.25, 0.3) is 11.1 Å². The van der Waals surface area contributed by atoms with Gasteiger partial charge in [0.2, 0.25) is 0 Å². The zero-order valence-electron chi connectivity index (χ0n) is 20.0. The fraction of sp³-hybridized carbons (Fsp3) is 0.400. The van der Waals surface area contributed by atoms with Crippen molar-refractivity contribution in [3.05, 3.63) is 77.4 Å². The first kappa shape index (κ1) is 22.8. The highest BCUT2D eigenvalue weighted by molar-refractivity contribution is 5.95. The van der Waals surface area contributed by atoms with Gasteiger partial charge >= 0.3 is 0 Å². The minimum Gasteiger partial charge on any atom is -0.508 e.